The van der Waals surface area contributed by atoms with E-state index in [9.17, 15) is 4.79 Å². The molecule has 0 aromatic heterocycles. The van der Waals surface area contributed by atoms with Crippen molar-refractivity contribution in [3.8, 4) is 11.5 Å². The van der Waals surface area contributed by atoms with Crippen LogP contribution in [0.1, 0.15) is 243 Å². The molecule has 0 fully saturated rings. The average molecular weight is 1240 g/mol. The molecule has 0 saturated heterocycles. The predicted octanol–water partition coefficient (Wildman–Crippen LogP) is 23.7. The monoisotopic (exact) mass is 1240 g/mol. The van der Waals surface area contributed by atoms with Crippen molar-refractivity contribution in [2.75, 3.05) is 25.1 Å². The lowest BCUT2D eigenvalue weighted by Gasteiger charge is -2.30. The van der Waals surface area contributed by atoms with Gasteiger partial charge in [0.1, 0.15) is 22.9 Å². The molecule has 12 heteroatoms. The molecule has 0 aliphatic carbocycles. The molecule has 3 atom stereocenters. The minimum absolute atomic E-state index is 0.141. The van der Waals surface area contributed by atoms with Gasteiger partial charge in [0.25, 0.3) is 0 Å². The van der Waals surface area contributed by atoms with Crippen LogP contribution >= 0.6 is 56.9 Å². The van der Waals surface area contributed by atoms with Crippen molar-refractivity contribution < 1.29 is 14.3 Å². The summed E-state index contributed by atoms with van der Waals surface area (Å²) in [5.74, 6) is 2.85. The molecule has 0 spiro atoms. The first-order valence-electron chi connectivity index (χ1n) is 31.9. The molecule has 80 heavy (non-hydrogen) atoms. The fourth-order valence-corrected chi connectivity index (χ4v) is 25.7. The summed E-state index contributed by atoms with van der Waals surface area (Å²) in [4.78, 5) is 17.2. The number of aryl methyl sites for hydroxylation is 2. The highest BCUT2D eigenvalue weighted by atomic mass is 33.2. The van der Waals surface area contributed by atoms with E-state index < -0.39 is 8.64 Å². The fraction of sp³-hybridized carbons (Fsp3) is 0.632. The predicted molar refractivity (Wildman–Crippen MR) is 370 cm³/mol. The summed E-state index contributed by atoms with van der Waals surface area (Å²) in [7, 11) is 0. The number of thioether (sulfide) groups is 1. The molecule has 1 amide bonds. The van der Waals surface area contributed by atoms with Crippen LogP contribution in [-0.4, -0.2) is 35.2 Å². The molecule has 0 radical (unpaired) electrons. The number of carbonyl (C=O) groups excluding carboxylic acids is 1. The maximum atomic E-state index is 14.5. The van der Waals surface area contributed by atoms with Crippen LogP contribution in [0.3, 0.4) is 0 Å². The van der Waals surface area contributed by atoms with Gasteiger partial charge in [-0.05, 0) is 111 Å². The average Bonchev–Trinajstić information content (AvgIpc) is 3.47. The van der Waals surface area contributed by atoms with Crippen LogP contribution in [0.2, 0.25) is 0 Å². The minimum atomic E-state index is -1.92. The van der Waals surface area contributed by atoms with E-state index in [1.807, 2.05) is 95.2 Å². The Morgan fingerprint density at radius 1 is 0.500 bits per heavy atom. The van der Waals surface area contributed by atoms with Crippen molar-refractivity contribution in [2.24, 2.45) is 0 Å². The second-order valence-corrected chi connectivity index (χ2v) is 39.2. The number of nitrogens with one attached hydrogen (secondary N) is 1. The van der Waals surface area contributed by atoms with Gasteiger partial charge in [0.2, 0.25) is 12.5 Å². The van der Waals surface area contributed by atoms with E-state index in [1.54, 1.807) is 11.4 Å². The number of carbonyl (C=O) groups is 1. The maximum absolute atomic E-state index is 14.5. The number of hydrogen-bond donors (Lipinski definition) is 1. The topological polar surface area (TPSA) is 47.6 Å². The highest BCUT2D eigenvalue weighted by molar-refractivity contribution is 9.00. The van der Waals surface area contributed by atoms with Crippen molar-refractivity contribution in [2.45, 2.75) is 259 Å². The third-order valence-corrected chi connectivity index (χ3v) is 30.5. The van der Waals surface area contributed by atoms with Crippen molar-refractivity contribution in [3.63, 3.8) is 0 Å². The van der Waals surface area contributed by atoms with Gasteiger partial charge in [0, 0.05) is 22.0 Å². The number of ether oxygens (including phenoxy) is 2. The molecule has 446 valence electrons. The number of hydrogen-bond acceptors (Lipinski definition) is 9. The smallest absolute Gasteiger partial charge is 0.234 e. The van der Waals surface area contributed by atoms with E-state index in [-0.39, 0.29) is 12.5 Å². The van der Waals surface area contributed by atoms with Gasteiger partial charge < -0.3 is 14.8 Å². The van der Waals surface area contributed by atoms with E-state index in [2.05, 4.69) is 67.7 Å². The summed E-state index contributed by atoms with van der Waals surface area (Å²) in [5, 5.41) is 3.70. The van der Waals surface area contributed by atoms with Crippen molar-refractivity contribution in [1.82, 2.24) is 5.32 Å². The molecule has 4 nitrogen and oxygen atoms in total. The first-order valence-corrected chi connectivity index (χ1v) is 42.4. The zero-order valence-corrected chi connectivity index (χ0v) is 56.6. The molecule has 0 saturated carbocycles. The first-order chi connectivity index (χ1) is 39.4. The Balaban J connectivity index is 1.31. The van der Waals surface area contributed by atoms with Gasteiger partial charge in [-0.1, -0.05) is 289 Å². The summed E-state index contributed by atoms with van der Waals surface area (Å²) in [6, 6.07) is 38.4. The van der Waals surface area contributed by atoms with Gasteiger partial charge in [0.15, 0.2) is 16.0 Å². The van der Waals surface area contributed by atoms with E-state index in [4.69, 9.17) is 33.1 Å². The van der Waals surface area contributed by atoms with Crippen molar-refractivity contribution >= 4 is 86.4 Å². The lowest BCUT2D eigenvalue weighted by Crippen LogP contribution is -2.42. The molecule has 3 unspecified atom stereocenters. The Morgan fingerprint density at radius 3 is 1.39 bits per heavy atom. The summed E-state index contributed by atoms with van der Waals surface area (Å²) >= 11 is 20.3. The van der Waals surface area contributed by atoms with Crippen molar-refractivity contribution in [1.29, 1.82) is 0 Å². The van der Waals surface area contributed by atoms with E-state index in [0.717, 1.165) is 75.2 Å². The number of benzene rings is 4. The normalized spacial score (nSPS) is 13.0. The first kappa shape index (κ1) is 71.0. The lowest BCUT2D eigenvalue weighted by atomic mass is 10.0. The van der Waals surface area contributed by atoms with E-state index >= 15 is 0 Å². The second kappa shape index (κ2) is 47.7. The molecule has 0 aliphatic rings. The van der Waals surface area contributed by atoms with Crippen LogP contribution in [-0.2, 0) is 41.2 Å². The Hall–Kier alpha value is -1.48. The lowest BCUT2D eigenvalue weighted by molar-refractivity contribution is -0.121. The van der Waals surface area contributed by atoms with Crippen LogP contribution in [0, 0.1) is 0 Å². The quantitative estimate of drug-likeness (QED) is 0.0202. The third kappa shape index (κ3) is 34.5. The number of para-hydroxylation sites is 2. The minimum Gasteiger partial charge on any atom is -0.494 e. The number of unbranched alkanes of at least 4 members (excludes halogenated alkanes) is 28. The largest absolute Gasteiger partial charge is 0.494 e. The second-order valence-electron chi connectivity index (χ2n) is 22.0. The Morgan fingerprint density at radius 2 is 0.900 bits per heavy atom. The van der Waals surface area contributed by atoms with E-state index in [1.165, 1.54) is 207 Å². The molecular formula is C68H106NO3P2S6+. The highest BCUT2D eigenvalue weighted by Gasteiger charge is 2.38. The van der Waals surface area contributed by atoms with Gasteiger partial charge >= 0.3 is 0 Å². The summed E-state index contributed by atoms with van der Waals surface area (Å²) in [6.07, 6.45) is 45.2. The molecule has 4 aromatic rings. The van der Waals surface area contributed by atoms with Crippen LogP contribution in [0.5, 0.6) is 11.5 Å². The molecule has 4 aromatic carbocycles. The van der Waals surface area contributed by atoms with Crippen LogP contribution < -0.4 is 14.8 Å². The SMILES string of the molecule is CCCCCCCCCCC(NC(=O)CCSP(=S)(CCCCCCCCCC)Sc1ccccc1CCCCCCCCCCOc1ccccc1)(S[PH+]=S)Sc1ccccc1CCCCCCCCCCOc1ccccc1. The summed E-state index contributed by atoms with van der Waals surface area (Å²) < 4.78 is 9.37. The summed E-state index contributed by atoms with van der Waals surface area (Å²) in [5.41, 5.74) is 2.86. The Kier molecular flexibility index (Phi) is 42.4. The Labute approximate surface area is 517 Å². The van der Waals surface area contributed by atoms with Gasteiger partial charge in [-0.25, -0.2) is 0 Å². The summed E-state index contributed by atoms with van der Waals surface area (Å²) in [6.45, 7) is 6.46. The standard InChI is InChI=1S/C68H105NO3P2S6/c1-3-5-7-9-11-19-25-41-56-68(80-73-75,78-65-53-39-37-47-61(65)45-31-23-17-13-15-20-26-42-57-71-63-49-33-29-34-50-63)69-67(70)55-60-77-74(76,59-44-28-22-12-10-8-6-4-2)79-66-54-40-38-48-62(66)46-32-24-18-14-16-21-27-43-58-72-64-51-35-30-36-52-64/h29-30,33-40,47-54H,3-28,31-32,41-46,55-60H2,1-2H3,(H,69,70)/p+1. The van der Waals surface area contributed by atoms with Crippen LogP contribution in [0.4, 0.5) is 0 Å². The Bertz CT molecular complexity index is 2190. The molecule has 0 bridgehead atoms. The molecule has 0 heterocycles. The fourth-order valence-electron chi connectivity index (χ4n) is 10.2. The zero-order valence-electron chi connectivity index (χ0n) is 49.8. The maximum Gasteiger partial charge on any atom is 0.234 e. The third-order valence-electron chi connectivity index (χ3n) is 15.0. The van der Waals surface area contributed by atoms with Crippen molar-refractivity contribution in [3.05, 3.63) is 120 Å². The number of amides is 1. The highest BCUT2D eigenvalue weighted by Crippen LogP contribution is 2.72. The molecule has 0 aliphatic heterocycles. The van der Waals surface area contributed by atoms with Crippen LogP contribution in [0.15, 0.2) is 119 Å². The number of rotatable bonds is 53. The van der Waals surface area contributed by atoms with Gasteiger partial charge in [-0.2, -0.15) is 0 Å². The van der Waals surface area contributed by atoms with Crippen LogP contribution in [0.25, 0.3) is 0 Å². The van der Waals surface area contributed by atoms with E-state index in [0.29, 0.717) is 6.42 Å². The van der Waals surface area contributed by atoms with Gasteiger partial charge in [-0.15, -0.1) is 11.4 Å². The molecular weight excluding hydrogens is 1130 g/mol. The molecule has 1 N–H and O–H groups in total. The van der Waals surface area contributed by atoms with Gasteiger partial charge in [0.05, 0.1) is 17.7 Å². The van der Waals surface area contributed by atoms with Gasteiger partial charge in [-0.3, -0.25) is 4.79 Å². The zero-order chi connectivity index (χ0) is 56.7. The molecule has 4 rings (SSSR count).